The molecule has 15 heavy (non-hydrogen) atoms. The Morgan fingerprint density at radius 2 is 1.80 bits per heavy atom. The zero-order chi connectivity index (χ0) is 10.7. The van der Waals surface area contributed by atoms with Gasteiger partial charge in [0.2, 0.25) is 0 Å². The standard InChI is InChI=1S/C13H15O2/c1-10(14)11-6-8-13(9-7-11)15-12-4-2-3-5-12/h6-9,12H,1-5H2. The van der Waals surface area contributed by atoms with Crippen LogP contribution >= 0.6 is 0 Å². The van der Waals surface area contributed by atoms with Crippen LogP contribution in [0.5, 0.6) is 5.75 Å². The highest BCUT2D eigenvalue weighted by Gasteiger charge is 2.16. The molecule has 1 aromatic rings. The van der Waals surface area contributed by atoms with Crippen LogP contribution in [0.4, 0.5) is 0 Å². The number of ketones is 1. The molecular formula is C13H15O2. The van der Waals surface area contributed by atoms with E-state index in [-0.39, 0.29) is 5.78 Å². The van der Waals surface area contributed by atoms with Gasteiger partial charge in [-0.25, -0.2) is 0 Å². The van der Waals surface area contributed by atoms with Crippen molar-refractivity contribution in [2.75, 3.05) is 0 Å². The lowest BCUT2D eigenvalue weighted by Gasteiger charge is -2.12. The summed E-state index contributed by atoms with van der Waals surface area (Å²) in [7, 11) is 0. The lowest BCUT2D eigenvalue weighted by atomic mass is 10.1. The highest BCUT2D eigenvalue weighted by atomic mass is 16.5. The van der Waals surface area contributed by atoms with Crippen LogP contribution in [0.1, 0.15) is 36.0 Å². The molecule has 0 N–H and O–H groups in total. The molecule has 1 aromatic carbocycles. The lowest BCUT2D eigenvalue weighted by Crippen LogP contribution is -2.10. The molecule has 0 heterocycles. The van der Waals surface area contributed by atoms with E-state index in [0.717, 1.165) is 18.6 Å². The second-order valence-electron chi connectivity index (χ2n) is 3.97. The second kappa shape index (κ2) is 4.47. The summed E-state index contributed by atoms with van der Waals surface area (Å²) in [5.74, 6) is 0.703. The van der Waals surface area contributed by atoms with Crippen molar-refractivity contribution in [1.82, 2.24) is 0 Å². The molecule has 0 aliphatic heterocycles. The third-order valence-corrected chi connectivity index (χ3v) is 2.78. The zero-order valence-electron chi connectivity index (χ0n) is 8.74. The Balaban J connectivity index is 2.00. The van der Waals surface area contributed by atoms with Crippen LogP contribution in [-0.2, 0) is 0 Å². The molecule has 0 amide bonds. The largest absolute Gasteiger partial charge is 0.490 e. The van der Waals surface area contributed by atoms with Crippen LogP contribution in [0, 0.1) is 6.92 Å². The fraction of sp³-hybridized carbons (Fsp3) is 0.385. The number of hydrogen-bond acceptors (Lipinski definition) is 2. The number of carbonyl (C=O) groups is 1. The third kappa shape index (κ3) is 2.58. The summed E-state index contributed by atoms with van der Waals surface area (Å²) in [5, 5.41) is 0. The van der Waals surface area contributed by atoms with Crippen molar-refractivity contribution >= 4 is 5.78 Å². The fourth-order valence-corrected chi connectivity index (χ4v) is 1.92. The Morgan fingerprint density at radius 3 is 2.33 bits per heavy atom. The van der Waals surface area contributed by atoms with Gasteiger partial charge < -0.3 is 4.74 Å². The number of benzene rings is 1. The molecule has 0 unspecified atom stereocenters. The van der Waals surface area contributed by atoms with Gasteiger partial charge in [0, 0.05) is 12.5 Å². The maximum absolute atomic E-state index is 10.9. The van der Waals surface area contributed by atoms with Gasteiger partial charge in [0.15, 0.2) is 5.78 Å². The molecule has 1 aliphatic carbocycles. The molecule has 0 saturated heterocycles. The molecule has 0 bridgehead atoms. The van der Waals surface area contributed by atoms with Crippen LogP contribution in [0.3, 0.4) is 0 Å². The molecule has 2 rings (SSSR count). The highest BCUT2D eigenvalue weighted by molar-refractivity contribution is 5.99. The van der Waals surface area contributed by atoms with Gasteiger partial charge in [0.1, 0.15) is 5.75 Å². The SMILES string of the molecule is [CH2]C(=O)c1ccc(OC2CCCC2)cc1. The quantitative estimate of drug-likeness (QED) is 0.706. The average molecular weight is 203 g/mol. The molecule has 0 aromatic heterocycles. The third-order valence-electron chi connectivity index (χ3n) is 2.78. The van der Waals surface area contributed by atoms with E-state index < -0.39 is 0 Å². The molecule has 0 spiro atoms. The highest BCUT2D eigenvalue weighted by Crippen LogP contribution is 2.24. The molecule has 79 valence electrons. The number of carbonyl (C=O) groups excluding carboxylic acids is 1. The van der Waals surface area contributed by atoms with Gasteiger partial charge in [-0.3, -0.25) is 4.79 Å². The number of rotatable bonds is 3. The van der Waals surface area contributed by atoms with Gasteiger partial charge in [-0.1, -0.05) is 0 Å². The van der Waals surface area contributed by atoms with Crippen LogP contribution < -0.4 is 4.74 Å². The summed E-state index contributed by atoms with van der Waals surface area (Å²) < 4.78 is 5.78. The number of hydrogen-bond donors (Lipinski definition) is 0. The average Bonchev–Trinajstić information content (AvgIpc) is 2.71. The normalized spacial score (nSPS) is 16.6. The molecule has 2 nitrogen and oxygen atoms in total. The zero-order valence-corrected chi connectivity index (χ0v) is 8.74. The van der Waals surface area contributed by atoms with Crippen molar-refractivity contribution in [3.63, 3.8) is 0 Å². The van der Waals surface area contributed by atoms with Crippen molar-refractivity contribution in [2.24, 2.45) is 0 Å². The van der Waals surface area contributed by atoms with E-state index in [9.17, 15) is 4.79 Å². The van der Waals surface area contributed by atoms with Gasteiger partial charge in [-0.2, -0.15) is 0 Å². The van der Waals surface area contributed by atoms with Crippen molar-refractivity contribution in [1.29, 1.82) is 0 Å². The summed E-state index contributed by atoms with van der Waals surface area (Å²) in [5.41, 5.74) is 0.633. The van der Waals surface area contributed by atoms with E-state index in [1.54, 1.807) is 12.1 Å². The predicted molar refractivity (Wildman–Crippen MR) is 59.0 cm³/mol. The summed E-state index contributed by atoms with van der Waals surface area (Å²) in [6, 6.07) is 7.21. The molecular weight excluding hydrogens is 188 g/mol. The molecule has 1 saturated carbocycles. The first-order chi connectivity index (χ1) is 7.25. The topological polar surface area (TPSA) is 26.3 Å². The Morgan fingerprint density at radius 1 is 1.20 bits per heavy atom. The Bertz CT molecular complexity index is 334. The van der Waals surface area contributed by atoms with E-state index in [4.69, 9.17) is 4.74 Å². The molecule has 1 aliphatic rings. The summed E-state index contributed by atoms with van der Waals surface area (Å²) in [4.78, 5) is 10.9. The first-order valence-corrected chi connectivity index (χ1v) is 5.39. The van der Waals surface area contributed by atoms with Gasteiger partial charge in [0.05, 0.1) is 6.10 Å². The summed E-state index contributed by atoms with van der Waals surface area (Å²) >= 11 is 0. The molecule has 1 fully saturated rings. The Kier molecular flexibility index (Phi) is 3.05. The molecule has 0 atom stereocenters. The predicted octanol–water partition coefficient (Wildman–Crippen LogP) is 3.02. The van der Waals surface area contributed by atoms with Gasteiger partial charge in [-0.05, 0) is 49.9 Å². The smallest absolute Gasteiger partial charge is 0.163 e. The monoisotopic (exact) mass is 203 g/mol. The van der Waals surface area contributed by atoms with Gasteiger partial charge in [0.25, 0.3) is 0 Å². The second-order valence-corrected chi connectivity index (χ2v) is 3.97. The number of ether oxygens (including phenoxy) is 1. The van der Waals surface area contributed by atoms with Crippen molar-refractivity contribution in [3.8, 4) is 5.75 Å². The summed E-state index contributed by atoms with van der Waals surface area (Å²) in [6.07, 6.45) is 5.19. The molecule has 2 heteroatoms. The van der Waals surface area contributed by atoms with Crippen LogP contribution in [0.2, 0.25) is 0 Å². The van der Waals surface area contributed by atoms with E-state index in [2.05, 4.69) is 6.92 Å². The first kappa shape index (κ1) is 10.2. The number of Topliss-reactive ketones (excluding diaryl/α,β-unsaturated/α-hetero) is 1. The first-order valence-electron chi connectivity index (χ1n) is 5.39. The van der Waals surface area contributed by atoms with Crippen molar-refractivity contribution in [2.45, 2.75) is 31.8 Å². The van der Waals surface area contributed by atoms with Crippen LogP contribution in [0.25, 0.3) is 0 Å². The van der Waals surface area contributed by atoms with Crippen molar-refractivity contribution in [3.05, 3.63) is 36.8 Å². The minimum absolute atomic E-state index is 0.151. The van der Waals surface area contributed by atoms with Gasteiger partial charge >= 0.3 is 0 Å². The maximum Gasteiger partial charge on any atom is 0.163 e. The Labute approximate surface area is 90.3 Å². The minimum atomic E-state index is -0.151. The minimum Gasteiger partial charge on any atom is -0.490 e. The van der Waals surface area contributed by atoms with Crippen LogP contribution in [-0.4, -0.2) is 11.9 Å². The van der Waals surface area contributed by atoms with Crippen LogP contribution in [0.15, 0.2) is 24.3 Å². The van der Waals surface area contributed by atoms with E-state index >= 15 is 0 Å². The van der Waals surface area contributed by atoms with E-state index in [1.165, 1.54) is 12.8 Å². The fourth-order valence-electron chi connectivity index (χ4n) is 1.92. The lowest BCUT2D eigenvalue weighted by molar-refractivity contribution is 0.104. The van der Waals surface area contributed by atoms with Gasteiger partial charge in [-0.15, -0.1) is 0 Å². The van der Waals surface area contributed by atoms with Crippen molar-refractivity contribution < 1.29 is 9.53 Å². The summed E-state index contributed by atoms with van der Waals surface area (Å²) in [6.45, 7) is 3.36. The molecule has 1 radical (unpaired) electrons. The van der Waals surface area contributed by atoms with E-state index in [0.29, 0.717) is 11.7 Å². The van der Waals surface area contributed by atoms with E-state index in [1.807, 2.05) is 12.1 Å². The maximum atomic E-state index is 10.9. The Hall–Kier alpha value is -1.31.